The Kier molecular flexibility index (Phi) is 11.6. The quantitative estimate of drug-likeness (QED) is 0.165. The van der Waals surface area contributed by atoms with Gasteiger partial charge in [-0.15, -0.1) is 0 Å². The molecule has 4 atom stereocenters. The highest BCUT2D eigenvalue weighted by atomic mass is 16.5. The van der Waals surface area contributed by atoms with Crippen LogP contribution in [0.5, 0.6) is 17.2 Å². The number of allylic oxidation sites excluding steroid dienone is 4. The smallest absolute Gasteiger partial charge is 0.163 e. The highest BCUT2D eigenvalue weighted by Crippen LogP contribution is 2.37. The average Bonchev–Trinajstić information content (AvgIpc) is 2.93. The first-order chi connectivity index (χ1) is 19.9. The molecule has 0 aliphatic heterocycles. The molecule has 222 valence electrons. The molecule has 0 heterocycles. The number of hydrogen-bond acceptors (Lipinski definition) is 7. The van der Waals surface area contributed by atoms with Crippen LogP contribution in [0.25, 0.3) is 12.2 Å². The van der Waals surface area contributed by atoms with Gasteiger partial charge in [-0.05, 0) is 98.4 Å². The third kappa shape index (κ3) is 9.70. The second-order valence-corrected chi connectivity index (χ2v) is 11.1. The summed E-state index contributed by atoms with van der Waals surface area (Å²) >= 11 is 0. The molecule has 0 spiro atoms. The fraction of sp³-hybridized carbons (Fsp3) is 0.343. The molecule has 7 nitrogen and oxygen atoms in total. The Balaban J connectivity index is 1.68. The van der Waals surface area contributed by atoms with E-state index >= 15 is 0 Å². The van der Waals surface area contributed by atoms with E-state index < -0.39 is 6.10 Å². The lowest BCUT2D eigenvalue weighted by molar-refractivity contribution is -0.122. The standard InChI is InChI=1S/C35H40O7/c1-22(2)16-30(39)17-23(3)31-21-32(40)24(4)18-34(31)42-33-15-10-26(19-35(33)41-5)9-14-29(38)20-28(37)13-8-25-6-11-27(36)12-7-25/h6-16,18-19,23,31-32,34,36,40H,17,20-21H2,1-5H3/b13-8+,14-9+. The Hall–Kier alpha value is -4.23. The number of ether oxygens (including phenoxy) is 2. The molecule has 0 bridgehead atoms. The molecule has 3 rings (SSSR count). The molecule has 7 heteroatoms. The number of rotatable bonds is 13. The Labute approximate surface area is 247 Å². The SMILES string of the molecule is COc1cc(/C=C/C(=O)CC(=O)/C=C/c2ccc(O)cc2)ccc1OC1C=C(C)C(O)CC1C(C)CC(=O)C=C(C)C. The predicted molar refractivity (Wildman–Crippen MR) is 164 cm³/mol. The molecule has 4 unspecified atom stereocenters. The molecule has 0 saturated heterocycles. The minimum atomic E-state index is -0.585. The van der Waals surface area contributed by atoms with Crippen LogP contribution >= 0.6 is 0 Å². The van der Waals surface area contributed by atoms with Crippen molar-refractivity contribution in [3.63, 3.8) is 0 Å². The van der Waals surface area contributed by atoms with E-state index in [0.717, 1.165) is 16.7 Å². The van der Waals surface area contributed by atoms with Crippen molar-refractivity contribution in [1.82, 2.24) is 0 Å². The lowest BCUT2D eigenvalue weighted by Gasteiger charge is -2.36. The van der Waals surface area contributed by atoms with Crippen LogP contribution in [0.15, 0.2) is 77.9 Å². The van der Waals surface area contributed by atoms with Crippen LogP contribution < -0.4 is 9.47 Å². The van der Waals surface area contributed by atoms with Crippen molar-refractivity contribution >= 4 is 29.5 Å². The van der Waals surface area contributed by atoms with Crippen molar-refractivity contribution in [3.05, 3.63) is 89.0 Å². The number of carbonyl (C=O) groups is 3. The fourth-order valence-corrected chi connectivity index (χ4v) is 4.88. The molecule has 0 radical (unpaired) electrons. The second-order valence-electron chi connectivity index (χ2n) is 11.1. The first-order valence-corrected chi connectivity index (χ1v) is 14.0. The van der Waals surface area contributed by atoms with Gasteiger partial charge in [0.25, 0.3) is 0 Å². The zero-order valence-electron chi connectivity index (χ0n) is 24.9. The Bertz CT molecular complexity index is 1390. The van der Waals surface area contributed by atoms with E-state index in [2.05, 4.69) is 0 Å². The molecule has 0 amide bonds. The monoisotopic (exact) mass is 572 g/mol. The van der Waals surface area contributed by atoms with Crippen LogP contribution in [-0.4, -0.2) is 46.9 Å². The lowest BCUT2D eigenvalue weighted by Crippen LogP contribution is -2.38. The minimum Gasteiger partial charge on any atom is -0.508 e. The number of aliphatic hydroxyl groups excluding tert-OH is 1. The van der Waals surface area contributed by atoms with Crippen molar-refractivity contribution in [1.29, 1.82) is 0 Å². The summed E-state index contributed by atoms with van der Waals surface area (Å²) in [6, 6.07) is 11.7. The van der Waals surface area contributed by atoms with E-state index in [1.54, 1.807) is 48.6 Å². The molecule has 1 aliphatic carbocycles. The largest absolute Gasteiger partial charge is 0.508 e. The number of aromatic hydroxyl groups is 1. The zero-order chi connectivity index (χ0) is 30.8. The first-order valence-electron chi connectivity index (χ1n) is 14.0. The van der Waals surface area contributed by atoms with E-state index in [1.165, 1.54) is 31.4 Å². The molecule has 2 N–H and O–H groups in total. The van der Waals surface area contributed by atoms with Crippen LogP contribution in [0.1, 0.15) is 58.1 Å². The summed E-state index contributed by atoms with van der Waals surface area (Å²) in [6.07, 6.45) is 9.12. The normalized spacial score (nSPS) is 19.3. The summed E-state index contributed by atoms with van der Waals surface area (Å²) in [6.45, 7) is 7.66. The number of ketones is 3. The molecule has 0 saturated carbocycles. The van der Waals surface area contributed by atoms with Gasteiger partial charge in [-0.1, -0.05) is 42.8 Å². The molecule has 2 aromatic carbocycles. The van der Waals surface area contributed by atoms with Gasteiger partial charge in [-0.2, -0.15) is 0 Å². The Morgan fingerprint density at radius 2 is 1.57 bits per heavy atom. The molecule has 1 aliphatic rings. The van der Waals surface area contributed by atoms with Crippen molar-refractivity contribution in [2.75, 3.05) is 7.11 Å². The first kappa shape index (κ1) is 32.3. The molecule has 0 aromatic heterocycles. The number of phenols is 1. The molecular weight excluding hydrogens is 532 g/mol. The average molecular weight is 573 g/mol. The second kappa shape index (κ2) is 15.1. The summed E-state index contributed by atoms with van der Waals surface area (Å²) in [4.78, 5) is 37.0. The Morgan fingerprint density at radius 3 is 2.19 bits per heavy atom. The van der Waals surface area contributed by atoms with Gasteiger partial charge < -0.3 is 19.7 Å². The number of benzene rings is 2. The summed E-state index contributed by atoms with van der Waals surface area (Å²) < 4.78 is 12.0. The molecular formula is C35H40O7. The highest BCUT2D eigenvalue weighted by molar-refractivity contribution is 6.10. The maximum atomic E-state index is 12.5. The van der Waals surface area contributed by atoms with Crippen LogP contribution in [-0.2, 0) is 14.4 Å². The summed E-state index contributed by atoms with van der Waals surface area (Å²) in [5, 5.41) is 19.9. The molecule has 2 aromatic rings. The van der Waals surface area contributed by atoms with Gasteiger partial charge in [0.15, 0.2) is 28.8 Å². The summed E-state index contributed by atoms with van der Waals surface area (Å²) in [5.41, 5.74) is 3.21. The highest BCUT2D eigenvalue weighted by Gasteiger charge is 2.35. The topological polar surface area (TPSA) is 110 Å². The Morgan fingerprint density at radius 1 is 0.952 bits per heavy atom. The fourth-order valence-electron chi connectivity index (χ4n) is 4.88. The van der Waals surface area contributed by atoms with Gasteiger partial charge in [0.2, 0.25) is 0 Å². The van der Waals surface area contributed by atoms with Gasteiger partial charge in [0, 0.05) is 12.3 Å². The zero-order valence-corrected chi connectivity index (χ0v) is 24.9. The maximum Gasteiger partial charge on any atom is 0.163 e. The van der Waals surface area contributed by atoms with Gasteiger partial charge in [0.1, 0.15) is 11.9 Å². The van der Waals surface area contributed by atoms with Crippen molar-refractivity contribution in [3.8, 4) is 17.2 Å². The van der Waals surface area contributed by atoms with E-state index in [0.29, 0.717) is 29.9 Å². The van der Waals surface area contributed by atoms with Crippen LogP contribution in [0.4, 0.5) is 0 Å². The predicted octanol–water partition coefficient (Wildman–Crippen LogP) is 6.29. The third-order valence-electron chi connectivity index (χ3n) is 7.19. The van der Waals surface area contributed by atoms with E-state index in [-0.39, 0.29) is 47.5 Å². The van der Waals surface area contributed by atoms with Crippen LogP contribution in [0.2, 0.25) is 0 Å². The van der Waals surface area contributed by atoms with Crippen LogP contribution in [0, 0.1) is 11.8 Å². The maximum absolute atomic E-state index is 12.5. The van der Waals surface area contributed by atoms with Gasteiger partial charge >= 0.3 is 0 Å². The van der Waals surface area contributed by atoms with Gasteiger partial charge in [-0.25, -0.2) is 0 Å². The number of hydrogen-bond donors (Lipinski definition) is 2. The van der Waals surface area contributed by atoms with E-state index in [1.807, 2.05) is 33.8 Å². The molecule has 0 fully saturated rings. The lowest BCUT2D eigenvalue weighted by atomic mass is 9.76. The number of phenolic OH excluding ortho intramolecular Hbond substituents is 1. The summed E-state index contributed by atoms with van der Waals surface area (Å²) in [5.74, 6) is 0.409. The summed E-state index contributed by atoms with van der Waals surface area (Å²) in [7, 11) is 1.53. The van der Waals surface area contributed by atoms with Crippen molar-refractivity contribution in [2.45, 2.75) is 59.2 Å². The number of aliphatic hydroxyl groups is 1. The van der Waals surface area contributed by atoms with Gasteiger partial charge in [-0.3, -0.25) is 14.4 Å². The van der Waals surface area contributed by atoms with Crippen molar-refractivity contribution < 1.29 is 34.1 Å². The minimum absolute atomic E-state index is 0.0186. The van der Waals surface area contributed by atoms with Crippen molar-refractivity contribution in [2.24, 2.45) is 11.8 Å². The number of carbonyl (C=O) groups excluding carboxylic acids is 3. The third-order valence-corrected chi connectivity index (χ3v) is 7.19. The number of methoxy groups -OCH3 is 1. The van der Waals surface area contributed by atoms with E-state index in [4.69, 9.17) is 9.47 Å². The van der Waals surface area contributed by atoms with Gasteiger partial charge in [0.05, 0.1) is 19.6 Å². The molecule has 42 heavy (non-hydrogen) atoms. The van der Waals surface area contributed by atoms with E-state index in [9.17, 15) is 24.6 Å². The van der Waals surface area contributed by atoms with Crippen LogP contribution in [0.3, 0.4) is 0 Å².